The zero-order valence-electron chi connectivity index (χ0n) is 15.9. The molecular formula is C20H16N4O4S2. The second kappa shape index (κ2) is 7.54. The first-order valence-corrected chi connectivity index (χ1v) is 10.8. The molecule has 1 aliphatic heterocycles. The number of nitrogens with zero attached hydrogens (tertiary/aromatic N) is 3. The van der Waals surface area contributed by atoms with E-state index in [0.29, 0.717) is 34.1 Å². The Kier molecular flexibility index (Phi) is 4.72. The van der Waals surface area contributed by atoms with Crippen molar-refractivity contribution in [3.8, 4) is 22.1 Å². The minimum Gasteiger partial charge on any atom is -0.454 e. The van der Waals surface area contributed by atoms with Crippen molar-refractivity contribution in [2.45, 2.75) is 20.0 Å². The van der Waals surface area contributed by atoms with E-state index in [-0.39, 0.29) is 19.2 Å². The summed E-state index contributed by atoms with van der Waals surface area (Å²) in [6.07, 6.45) is 0. The summed E-state index contributed by atoms with van der Waals surface area (Å²) in [6.45, 7) is 2.26. The first kappa shape index (κ1) is 18.8. The predicted molar refractivity (Wildman–Crippen MR) is 114 cm³/mol. The Morgan fingerprint density at radius 2 is 2.10 bits per heavy atom. The van der Waals surface area contributed by atoms with Crippen LogP contribution in [-0.2, 0) is 17.9 Å². The Morgan fingerprint density at radius 1 is 1.23 bits per heavy atom. The van der Waals surface area contributed by atoms with Crippen LogP contribution in [-0.4, -0.2) is 27.2 Å². The molecule has 0 fully saturated rings. The number of nitrogens with one attached hydrogen (secondary N) is 1. The van der Waals surface area contributed by atoms with Crippen LogP contribution in [0.1, 0.15) is 10.6 Å². The number of ether oxygens (including phenoxy) is 2. The molecule has 1 amide bonds. The Bertz CT molecular complexity index is 1310. The van der Waals surface area contributed by atoms with Gasteiger partial charge in [0.2, 0.25) is 12.7 Å². The molecule has 0 saturated heterocycles. The molecule has 1 N–H and O–H groups in total. The summed E-state index contributed by atoms with van der Waals surface area (Å²) in [5, 5.41) is 5.58. The van der Waals surface area contributed by atoms with E-state index in [1.165, 1.54) is 27.2 Å². The van der Waals surface area contributed by atoms with Crippen LogP contribution < -0.4 is 20.5 Å². The van der Waals surface area contributed by atoms with Gasteiger partial charge in [-0.1, -0.05) is 12.1 Å². The Hall–Kier alpha value is -3.24. The fourth-order valence-electron chi connectivity index (χ4n) is 3.22. The molecule has 0 bridgehead atoms. The molecule has 1 aromatic carbocycles. The lowest BCUT2D eigenvalue weighted by Crippen LogP contribution is -2.33. The predicted octanol–water partition coefficient (Wildman–Crippen LogP) is 2.94. The van der Waals surface area contributed by atoms with Crippen molar-refractivity contribution in [1.82, 2.24) is 19.9 Å². The number of amides is 1. The number of thiophene rings is 1. The van der Waals surface area contributed by atoms with Gasteiger partial charge in [-0.2, -0.15) is 4.98 Å². The lowest BCUT2D eigenvalue weighted by atomic mass is 10.2. The summed E-state index contributed by atoms with van der Waals surface area (Å²) in [5.41, 5.74) is 1.62. The summed E-state index contributed by atoms with van der Waals surface area (Å²) >= 11 is 2.88. The number of hydrogen-bond acceptors (Lipinski definition) is 8. The molecule has 0 unspecified atom stereocenters. The largest absolute Gasteiger partial charge is 0.454 e. The van der Waals surface area contributed by atoms with Crippen LogP contribution in [0.5, 0.6) is 11.5 Å². The maximum absolute atomic E-state index is 12.7. The van der Waals surface area contributed by atoms with Crippen LogP contribution in [0.25, 0.3) is 20.9 Å². The smallest absolute Gasteiger partial charge is 0.349 e. The molecule has 4 aromatic rings. The van der Waals surface area contributed by atoms with E-state index in [1.54, 1.807) is 0 Å². The van der Waals surface area contributed by atoms with Gasteiger partial charge in [0.1, 0.15) is 22.6 Å². The van der Waals surface area contributed by atoms with Gasteiger partial charge >= 0.3 is 5.69 Å². The molecule has 0 radical (unpaired) electrons. The van der Waals surface area contributed by atoms with Gasteiger partial charge in [-0.3, -0.25) is 9.36 Å². The second-order valence-electron chi connectivity index (χ2n) is 6.66. The normalized spacial score (nSPS) is 12.4. The van der Waals surface area contributed by atoms with Crippen molar-refractivity contribution in [2.75, 3.05) is 6.79 Å². The Labute approximate surface area is 178 Å². The number of carbonyl (C=O) groups is 1. The molecular weight excluding hydrogens is 424 g/mol. The third-order valence-corrected chi connectivity index (χ3v) is 6.48. The number of carbonyl (C=O) groups excluding carboxylic acids is 1. The number of aromatic nitrogens is 3. The zero-order valence-corrected chi connectivity index (χ0v) is 17.5. The lowest BCUT2D eigenvalue weighted by Gasteiger charge is -2.09. The topological polar surface area (TPSA) is 95.3 Å². The van der Waals surface area contributed by atoms with Crippen molar-refractivity contribution in [3.63, 3.8) is 0 Å². The fraction of sp³-hybridized carbons (Fsp3) is 0.200. The third kappa shape index (κ3) is 3.44. The number of rotatable bonds is 5. The number of thiazole rings is 1. The first-order valence-electron chi connectivity index (χ1n) is 9.15. The van der Waals surface area contributed by atoms with Crippen LogP contribution in [0, 0.1) is 6.92 Å². The molecule has 4 heterocycles. The number of benzene rings is 1. The number of hydrogen-bond donors (Lipinski definition) is 1. The lowest BCUT2D eigenvalue weighted by molar-refractivity contribution is -0.121. The van der Waals surface area contributed by atoms with Gasteiger partial charge in [-0.05, 0) is 36.1 Å². The van der Waals surface area contributed by atoms with E-state index < -0.39 is 5.69 Å². The second-order valence-corrected chi connectivity index (χ2v) is 8.79. The Morgan fingerprint density at radius 3 is 2.93 bits per heavy atom. The molecule has 0 saturated carbocycles. The van der Waals surface area contributed by atoms with Crippen LogP contribution >= 0.6 is 22.7 Å². The molecule has 5 rings (SSSR count). The van der Waals surface area contributed by atoms with Gasteiger partial charge < -0.3 is 14.8 Å². The Balaban J connectivity index is 1.38. The van der Waals surface area contributed by atoms with Gasteiger partial charge in [0, 0.05) is 6.54 Å². The maximum Gasteiger partial charge on any atom is 0.349 e. The average Bonchev–Trinajstić information content (AvgIpc) is 3.48. The monoisotopic (exact) mass is 440 g/mol. The average molecular weight is 441 g/mol. The zero-order chi connectivity index (χ0) is 20.7. The minimum absolute atomic E-state index is 0.126. The molecule has 0 atom stereocenters. The van der Waals surface area contributed by atoms with Crippen LogP contribution in [0.2, 0.25) is 0 Å². The number of aryl methyl sites for hydroxylation is 1. The van der Waals surface area contributed by atoms with Gasteiger partial charge in [-0.25, -0.2) is 9.78 Å². The quantitative estimate of drug-likeness (QED) is 0.513. The van der Waals surface area contributed by atoms with Gasteiger partial charge in [0.25, 0.3) is 0 Å². The van der Waals surface area contributed by atoms with Crippen molar-refractivity contribution in [1.29, 1.82) is 0 Å². The SMILES string of the molecule is Cc1nc2c(-c3cccs3)nc(=O)n(CC(=O)NCc3ccc4c(c3)OCO4)c2s1. The minimum atomic E-state index is -0.465. The molecule has 0 aliphatic carbocycles. The van der Waals surface area contributed by atoms with E-state index in [4.69, 9.17) is 9.47 Å². The van der Waals surface area contributed by atoms with E-state index in [1.807, 2.05) is 42.6 Å². The highest BCUT2D eigenvalue weighted by atomic mass is 32.1. The van der Waals surface area contributed by atoms with E-state index >= 15 is 0 Å². The highest BCUT2D eigenvalue weighted by molar-refractivity contribution is 7.18. The summed E-state index contributed by atoms with van der Waals surface area (Å²) in [7, 11) is 0. The molecule has 1 aliphatic rings. The first-order chi connectivity index (χ1) is 14.6. The highest BCUT2D eigenvalue weighted by Gasteiger charge is 2.19. The summed E-state index contributed by atoms with van der Waals surface area (Å²) in [6, 6.07) is 9.31. The van der Waals surface area contributed by atoms with E-state index in [9.17, 15) is 9.59 Å². The van der Waals surface area contributed by atoms with Crippen molar-refractivity contribution in [3.05, 3.63) is 56.8 Å². The van der Waals surface area contributed by atoms with Crippen LogP contribution in [0.3, 0.4) is 0 Å². The van der Waals surface area contributed by atoms with E-state index in [0.717, 1.165) is 15.4 Å². The summed E-state index contributed by atoms with van der Waals surface area (Å²) in [4.78, 5) is 35.6. The molecule has 152 valence electrons. The standard InChI is InChI=1S/C20H16N4O4S2/c1-11-22-18-17(15-3-2-6-29-15)23-20(26)24(19(18)30-11)9-16(25)21-8-12-4-5-13-14(7-12)28-10-27-13/h2-7H,8-10H2,1H3,(H,21,25). The third-order valence-electron chi connectivity index (χ3n) is 4.61. The number of fused-ring (bicyclic) bond motifs is 2. The van der Waals surface area contributed by atoms with Crippen molar-refractivity contribution < 1.29 is 14.3 Å². The van der Waals surface area contributed by atoms with Gasteiger partial charge in [-0.15, -0.1) is 22.7 Å². The van der Waals surface area contributed by atoms with Crippen molar-refractivity contribution >= 4 is 38.9 Å². The molecule has 30 heavy (non-hydrogen) atoms. The highest BCUT2D eigenvalue weighted by Crippen LogP contribution is 2.33. The molecule has 10 heteroatoms. The van der Waals surface area contributed by atoms with Crippen LogP contribution in [0.15, 0.2) is 40.5 Å². The fourth-order valence-corrected chi connectivity index (χ4v) is 4.85. The molecule has 8 nitrogen and oxygen atoms in total. The van der Waals surface area contributed by atoms with Gasteiger partial charge in [0.05, 0.1) is 9.88 Å². The summed E-state index contributed by atoms with van der Waals surface area (Å²) < 4.78 is 12.0. The molecule has 0 spiro atoms. The van der Waals surface area contributed by atoms with Crippen molar-refractivity contribution in [2.24, 2.45) is 0 Å². The van der Waals surface area contributed by atoms with Crippen LogP contribution in [0.4, 0.5) is 0 Å². The van der Waals surface area contributed by atoms with E-state index in [2.05, 4.69) is 15.3 Å². The molecule has 3 aromatic heterocycles. The van der Waals surface area contributed by atoms with Gasteiger partial charge in [0.15, 0.2) is 11.5 Å². The summed E-state index contributed by atoms with van der Waals surface area (Å²) in [5.74, 6) is 1.07. The maximum atomic E-state index is 12.7.